The van der Waals surface area contributed by atoms with E-state index >= 15 is 0 Å². The molecule has 15 heavy (non-hydrogen) atoms. The molecule has 1 aromatic rings. The van der Waals surface area contributed by atoms with Gasteiger partial charge in [0, 0.05) is 0 Å². The summed E-state index contributed by atoms with van der Waals surface area (Å²) in [5, 5.41) is 9.74. The second kappa shape index (κ2) is 6.41. The zero-order chi connectivity index (χ0) is 11.1. The molecule has 0 aliphatic rings. The molecule has 1 atom stereocenters. The highest BCUT2D eigenvalue weighted by molar-refractivity contribution is 5.15. The highest BCUT2D eigenvalue weighted by Gasteiger charge is 2.01. The summed E-state index contributed by atoms with van der Waals surface area (Å²) in [6.07, 6.45) is 4.42. The zero-order valence-electron chi connectivity index (χ0n) is 9.61. The van der Waals surface area contributed by atoms with Crippen molar-refractivity contribution in [3.8, 4) is 0 Å². The van der Waals surface area contributed by atoms with E-state index in [9.17, 15) is 5.11 Å². The van der Waals surface area contributed by atoms with Crippen molar-refractivity contribution in [2.45, 2.75) is 39.2 Å². The van der Waals surface area contributed by atoms with Gasteiger partial charge < -0.3 is 5.11 Å². The summed E-state index contributed by atoms with van der Waals surface area (Å²) < 4.78 is 0. The van der Waals surface area contributed by atoms with Gasteiger partial charge in [-0.3, -0.25) is 0 Å². The second-order valence-corrected chi connectivity index (χ2v) is 3.96. The molecule has 1 aromatic carbocycles. The molecule has 0 fully saturated rings. The Hall–Kier alpha value is -1.08. The average Bonchev–Trinajstić information content (AvgIpc) is 2.27. The average molecular weight is 204 g/mol. The van der Waals surface area contributed by atoms with Gasteiger partial charge >= 0.3 is 0 Å². The van der Waals surface area contributed by atoms with Gasteiger partial charge in [0.1, 0.15) is 0 Å². The number of aliphatic hydroxyl groups is 1. The van der Waals surface area contributed by atoms with Gasteiger partial charge in [0.15, 0.2) is 0 Å². The molecule has 0 saturated heterocycles. The fourth-order valence-electron chi connectivity index (χ4n) is 1.49. The third kappa shape index (κ3) is 4.80. The second-order valence-electron chi connectivity index (χ2n) is 3.96. The van der Waals surface area contributed by atoms with Crippen molar-refractivity contribution < 1.29 is 5.11 Å². The van der Waals surface area contributed by atoms with Crippen LogP contribution in [0.4, 0.5) is 0 Å². The number of rotatable bonds is 5. The van der Waals surface area contributed by atoms with Crippen LogP contribution in [0, 0.1) is 0 Å². The molecular weight excluding hydrogens is 184 g/mol. The number of hydrogen-bond donors (Lipinski definition) is 1. The van der Waals surface area contributed by atoms with E-state index in [1.165, 1.54) is 11.1 Å². The molecule has 0 heterocycles. The van der Waals surface area contributed by atoms with E-state index in [1.54, 1.807) is 0 Å². The molecule has 0 radical (unpaired) electrons. The van der Waals surface area contributed by atoms with Gasteiger partial charge in [-0.1, -0.05) is 48.9 Å². The molecule has 0 saturated carbocycles. The molecule has 0 bridgehead atoms. The summed E-state index contributed by atoms with van der Waals surface area (Å²) in [6, 6.07) is 10.3. The lowest BCUT2D eigenvalue weighted by atomic mass is 10.0. The third-order valence-electron chi connectivity index (χ3n) is 2.61. The lowest BCUT2D eigenvalue weighted by molar-refractivity contribution is 0.212. The van der Waals surface area contributed by atoms with Gasteiger partial charge in [-0.05, 0) is 31.7 Å². The smallest absolute Gasteiger partial charge is 0.0726 e. The van der Waals surface area contributed by atoms with Crippen LogP contribution in [-0.2, 0) is 6.42 Å². The van der Waals surface area contributed by atoms with Crippen LogP contribution in [-0.4, -0.2) is 11.2 Å². The molecule has 0 aliphatic heterocycles. The highest BCUT2D eigenvalue weighted by Crippen LogP contribution is 2.08. The van der Waals surface area contributed by atoms with Crippen LogP contribution in [0.15, 0.2) is 42.0 Å². The first-order valence-electron chi connectivity index (χ1n) is 5.61. The topological polar surface area (TPSA) is 20.2 Å². The number of hydrogen-bond acceptors (Lipinski definition) is 1. The maximum atomic E-state index is 9.74. The SMILES string of the molecule is CC/C(C)=C/C(O)CCc1ccccc1. The maximum absolute atomic E-state index is 9.74. The molecule has 0 amide bonds. The minimum atomic E-state index is -0.301. The van der Waals surface area contributed by atoms with Gasteiger partial charge in [-0.25, -0.2) is 0 Å². The van der Waals surface area contributed by atoms with Crippen molar-refractivity contribution >= 4 is 0 Å². The van der Waals surface area contributed by atoms with Crippen LogP contribution in [0.2, 0.25) is 0 Å². The van der Waals surface area contributed by atoms with Crippen molar-refractivity contribution in [1.29, 1.82) is 0 Å². The summed E-state index contributed by atoms with van der Waals surface area (Å²) in [6.45, 7) is 4.17. The van der Waals surface area contributed by atoms with E-state index in [0.29, 0.717) is 0 Å². The standard InChI is InChI=1S/C14H20O/c1-3-12(2)11-14(15)10-9-13-7-5-4-6-8-13/h4-8,11,14-15H,3,9-10H2,1-2H3/b12-11+. The van der Waals surface area contributed by atoms with Crippen molar-refractivity contribution in [2.75, 3.05) is 0 Å². The van der Waals surface area contributed by atoms with E-state index in [4.69, 9.17) is 0 Å². The predicted octanol–water partition coefficient (Wildman–Crippen LogP) is 3.34. The Morgan fingerprint density at radius 2 is 2.00 bits per heavy atom. The first-order valence-corrected chi connectivity index (χ1v) is 5.61. The lowest BCUT2D eigenvalue weighted by Crippen LogP contribution is -2.04. The van der Waals surface area contributed by atoms with Crippen molar-refractivity contribution in [1.82, 2.24) is 0 Å². The Morgan fingerprint density at radius 1 is 1.33 bits per heavy atom. The Balaban J connectivity index is 2.38. The molecule has 1 unspecified atom stereocenters. The quantitative estimate of drug-likeness (QED) is 0.729. The van der Waals surface area contributed by atoms with E-state index in [2.05, 4.69) is 26.0 Å². The summed E-state index contributed by atoms with van der Waals surface area (Å²) in [5.41, 5.74) is 2.55. The molecule has 0 aromatic heterocycles. The molecule has 0 aliphatic carbocycles. The maximum Gasteiger partial charge on any atom is 0.0726 e. The zero-order valence-corrected chi connectivity index (χ0v) is 9.61. The molecule has 1 heteroatoms. The molecule has 1 N–H and O–H groups in total. The van der Waals surface area contributed by atoms with Gasteiger partial charge in [-0.15, -0.1) is 0 Å². The number of benzene rings is 1. The third-order valence-corrected chi connectivity index (χ3v) is 2.61. The summed E-state index contributed by atoms with van der Waals surface area (Å²) in [5.74, 6) is 0. The minimum absolute atomic E-state index is 0.301. The number of aryl methyl sites for hydroxylation is 1. The lowest BCUT2D eigenvalue weighted by Gasteiger charge is -2.07. The van der Waals surface area contributed by atoms with Gasteiger partial charge in [0.25, 0.3) is 0 Å². The van der Waals surface area contributed by atoms with Crippen LogP contribution >= 0.6 is 0 Å². The molecular formula is C14H20O. The monoisotopic (exact) mass is 204 g/mol. The normalized spacial score (nSPS) is 13.9. The molecule has 1 rings (SSSR count). The van der Waals surface area contributed by atoms with Crippen LogP contribution in [0.1, 0.15) is 32.3 Å². The van der Waals surface area contributed by atoms with E-state index in [0.717, 1.165) is 19.3 Å². The minimum Gasteiger partial charge on any atom is -0.389 e. The number of allylic oxidation sites excluding steroid dienone is 1. The Kier molecular flexibility index (Phi) is 5.13. The molecule has 1 nitrogen and oxygen atoms in total. The van der Waals surface area contributed by atoms with Crippen LogP contribution in [0.25, 0.3) is 0 Å². The van der Waals surface area contributed by atoms with Gasteiger partial charge in [0.2, 0.25) is 0 Å². The molecule has 82 valence electrons. The largest absolute Gasteiger partial charge is 0.389 e. The first-order chi connectivity index (χ1) is 7.22. The summed E-state index contributed by atoms with van der Waals surface area (Å²) >= 11 is 0. The first kappa shape index (κ1) is 12.0. The van der Waals surface area contributed by atoms with E-state index in [-0.39, 0.29) is 6.10 Å². The predicted molar refractivity (Wildman–Crippen MR) is 64.8 cm³/mol. The van der Waals surface area contributed by atoms with E-state index in [1.807, 2.05) is 24.3 Å². The van der Waals surface area contributed by atoms with Crippen LogP contribution < -0.4 is 0 Å². The molecule has 0 spiro atoms. The van der Waals surface area contributed by atoms with Crippen LogP contribution in [0.5, 0.6) is 0 Å². The van der Waals surface area contributed by atoms with Crippen molar-refractivity contribution in [3.63, 3.8) is 0 Å². The van der Waals surface area contributed by atoms with Crippen molar-refractivity contribution in [2.24, 2.45) is 0 Å². The van der Waals surface area contributed by atoms with E-state index < -0.39 is 0 Å². The highest BCUT2D eigenvalue weighted by atomic mass is 16.3. The van der Waals surface area contributed by atoms with Gasteiger partial charge in [-0.2, -0.15) is 0 Å². The number of aliphatic hydroxyl groups excluding tert-OH is 1. The van der Waals surface area contributed by atoms with Crippen molar-refractivity contribution in [3.05, 3.63) is 47.5 Å². The Morgan fingerprint density at radius 3 is 2.60 bits per heavy atom. The van der Waals surface area contributed by atoms with Crippen LogP contribution in [0.3, 0.4) is 0 Å². The van der Waals surface area contributed by atoms with Gasteiger partial charge in [0.05, 0.1) is 6.10 Å². The fourth-order valence-corrected chi connectivity index (χ4v) is 1.49. The summed E-state index contributed by atoms with van der Waals surface area (Å²) in [4.78, 5) is 0. The Labute approximate surface area is 92.5 Å². The fraction of sp³-hybridized carbons (Fsp3) is 0.429. The summed E-state index contributed by atoms with van der Waals surface area (Å²) in [7, 11) is 0. The Bertz CT molecular complexity index is 300.